The molecule has 1 saturated carbocycles. The molecule has 1 aliphatic carbocycles. The minimum Gasteiger partial charge on any atom is -0.314 e. The fraction of sp³-hybridized carbons (Fsp3) is 1.00. The molecule has 1 aliphatic heterocycles. The molecule has 2 N–H and O–H groups in total. The lowest BCUT2D eigenvalue weighted by atomic mass is 9.68. The van der Waals surface area contributed by atoms with Gasteiger partial charge in [0.25, 0.3) is 0 Å². The number of hydrogen-bond donors (Lipinski definition) is 2. The van der Waals surface area contributed by atoms with Gasteiger partial charge in [-0.1, -0.05) is 6.92 Å². The van der Waals surface area contributed by atoms with Crippen LogP contribution in [0.15, 0.2) is 0 Å². The van der Waals surface area contributed by atoms with Crippen LogP contribution in [0.4, 0.5) is 0 Å². The molecule has 10 heavy (non-hydrogen) atoms. The van der Waals surface area contributed by atoms with E-state index >= 15 is 0 Å². The third kappa shape index (κ3) is 0.956. The van der Waals surface area contributed by atoms with E-state index in [-0.39, 0.29) is 0 Å². The third-order valence-corrected chi connectivity index (χ3v) is 2.74. The smallest absolute Gasteiger partial charge is 0.0311 e. The van der Waals surface area contributed by atoms with Crippen LogP contribution in [0.5, 0.6) is 0 Å². The average Bonchev–Trinajstić information content (AvgIpc) is 1.87. The molecule has 2 nitrogen and oxygen atoms in total. The van der Waals surface area contributed by atoms with Crippen LogP contribution in [0.2, 0.25) is 0 Å². The van der Waals surface area contributed by atoms with E-state index in [1.807, 2.05) is 0 Å². The van der Waals surface area contributed by atoms with Crippen LogP contribution in [0.25, 0.3) is 0 Å². The van der Waals surface area contributed by atoms with E-state index in [0.717, 1.165) is 19.0 Å². The Morgan fingerprint density at radius 2 is 2.10 bits per heavy atom. The summed E-state index contributed by atoms with van der Waals surface area (Å²) in [6.45, 7) is 5.84. The van der Waals surface area contributed by atoms with Crippen molar-refractivity contribution >= 4 is 0 Å². The Morgan fingerprint density at radius 3 is 2.60 bits per heavy atom. The number of hydrogen-bond acceptors (Lipinski definition) is 2. The summed E-state index contributed by atoms with van der Waals surface area (Å²) in [7, 11) is 0. The molecule has 0 aromatic carbocycles. The molecule has 2 fully saturated rings. The lowest BCUT2D eigenvalue weighted by molar-refractivity contribution is 0.0980. The molecular formula is C8H16N2. The fourth-order valence-electron chi connectivity index (χ4n) is 2.37. The predicted molar refractivity (Wildman–Crippen MR) is 42.0 cm³/mol. The Kier molecular flexibility index (Phi) is 1.46. The zero-order valence-electron chi connectivity index (χ0n) is 6.61. The second-order valence-electron chi connectivity index (χ2n) is 3.90. The average molecular weight is 140 g/mol. The van der Waals surface area contributed by atoms with Gasteiger partial charge >= 0.3 is 0 Å². The molecule has 1 saturated heterocycles. The number of piperazine rings is 1. The van der Waals surface area contributed by atoms with Crippen molar-refractivity contribution in [1.29, 1.82) is 0 Å². The van der Waals surface area contributed by atoms with Gasteiger partial charge in [0, 0.05) is 25.2 Å². The van der Waals surface area contributed by atoms with E-state index < -0.39 is 0 Å². The van der Waals surface area contributed by atoms with Gasteiger partial charge in [-0.15, -0.1) is 0 Å². The second kappa shape index (κ2) is 2.21. The van der Waals surface area contributed by atoms with Crippen LogP contribution < -0.4 is 10.6 Å². The predicted octanol–water partition coefficient (Wildman–Crippen LogP) is 0.348. The van der Waals surface area contributed by atoms with Crippen LogP contribution in [0.1, 0.15) is 19.8 Å². The van der Waals surface area contributed by atoms with Gasteiger partial charge in [0.1, 0.15) is 0 Å². The molecule has 2 rings (SSSR count). The zero-order chi connectivity index (χ0) is 7.03. The van der Waals surface area contributed by atoms with Gasteiger partial charge in [-0.05, 0) is 18.8 Å². The summed E-state index contributed by atoms with van der Waals surface area (Å²) in [6.07, 6.45) is 2.75. The molecule has 0 radical (unpaired) electrons. The van der Waals surface area contributed by atoms with E-state index in [2.05, 4.69) is 17.6 Å². The van der Waals surface area contributed by atoms with Crippen LogP contribution >= 0.6 is 0 Å². The maximum absolute atomic E-state index is 3.60. The van der Waals surface area contributed by atoms with Crippen LogP contribution in [-0.2, 0) is 0 Å². The van der Waals surface area contributed by atoms with Gasteiger partial charge in [-0.2, -0.15) is 0 Å². The molecular weight excluding hydrogens is 124 g/mol. The van der Waals surface area contributed by atoms with Crippen molar-refractivity contribution < 1.29 is 0 Å². The van der Waals surface area contributed by atoms with Crippen molar-refractivity contribution in [2.75, 3.05) is 19.6 Å². The first kappa shape index (κ1) is 6.62. The molecule has 2 heteroatoms. The Labute approximate surface area is 62.4 Å². The summed E-state index contributed by atoms with van der Waals surface area (Å²) in [5.74, 6) is 0.951. The van der Waals surface area contributed by atoms with Crippen molar-refractivity contribution in [3.63, 3.8) is 0 Å². The monoisotopic (exact) mass is 140 g/mol. The molecule has 0 aromatic rings. The molecule has 2 aliphatic rings. The molecule has 0 bridgehead atoms. The summed E-state index contributed by atoms with van der Waals surface area (Å²) in [5, 5.41) is 7.04. The molecule has 0 unspecified atom stereocenters. The van der Waals surface area contributed by atoms with Crippen LogP contribution in [0.3, 0.4) is 0 Å². The quantitative estimate of drug-likeness (QED) is 0.507. The van der Waals surface area contributed by atoms with E-state index in [1.165, 1.54) is 19.4 Å². The summed E-state index contributed by atoms with van der Waals surface area (Å²) >= 11 is 0. The Bertz CT molecular complexity index is 112. The van der Waals surface area contributed by atoms with E-state index in [4.69, 9.17) is 0 Å². The molecule has 1 spiro atoms. The molecule has 0 aromatic heterocycles. The molecule has 58 valence electrons. The van der Waals surface area contributed by atoms with Gasteiger partial charge < -0.3 is 10.6 Å². The SMILES string of the molecule is CC1CC2(CNCCN2)C1. The van der Waals surface area contributed by atoms with E-state index in [9.17, 15) is 0 Å². The van der Waals surface area contributed by atoms with Crippen LogP contribution in [-0.4, -0.2) is 25.2 Å². The highest BCUT2D eigenvalue weighted by Gasteiger charge is 2.42. The second-order valence-corrected chi connectivity index (χ2v) is 3.90. The minimum atomic E-state index is 0.512. The summed E-state index contributed by atoms with van der Waals surface area (Å²) < 4.78 is 0. The first-order chi connectivity index (χ1) is 4.81. The van der Waals surface area contributed by atoms with Crippen LogP contribution in [0, 0.1) is 5.92 Å². The van der Waals surface area contributed by atoms with Crippen molar-refractivity contribution in [3.8, 4) is 0 Å². The fourth-order valence-corrected chi connectivity index (χ4v) is 2.37. The highest BCUT2D eigenvalue weighted by atomic mass is 15.1. The highest BCUT2D eigenvalue weighted by molar-refractivity contribution is 5.02. The first-order valence-electron chi connectivity index (χ1n) is 4.27. The number of rotatable bonds is 0. The summed E-state index contributed by atoms with van der Waals surface area (Å²) in [4.78, 5) is 0. The summed E-state index contributed by atoms with van der Waals surface area (Å²) in [6, 6.07) is 0. The van der Waals surface area contributed by atoms with Gasteiger partial charge in [-0.25, -0.2) is 0 Å². The Balaban J connectivity index is 1.90. The van der Waals surface area contributed by atoms with Gasteiger partial charge in [-0.3, -0.25) is 0 Å². The van der Waals surface area contributed by atoms with E-state index in [0.29, 0.717) is 5.54 Å². The number of nitrogens with one attached hydrogen (secondary N) is 2. The largest absolute Gasteiger partial charge is 0.314 e. The van der Waals surface area contributed by atoms with Gasteiger partial charge in [0.05, 0.1) is 0 Å². The standard InChI is InChI=1S/C8H16N2/c1-7-4-8(5-7)6-9-2-3-10-8/h7,9-10H,2-6H2,1H3. The van der Waals surface area contributed by atoms with Gasteiger partial charge in [0.15, 0.2) is 0 Å². The minimum absolute atomic E-state index is 0.512. The molecule has 0 atom stereocenters. The van der Waals surface area contributed by atoms with Gasteiger partial charge in [0.2, 0.25) is 0 Å². The lowest BCUT2D eigenvalue weighted by Gasteiger charge is -2.50. The lowest BCUT2D eigenvalue weighted by Crippen LogP contribution is -2.65. The van der Waals surface area contributed by atoms with Crippen molar-refractivity contribution in [2.45, 2.75) is 25.3 Å². The Morgan fingerprint density at radius 1 is 1.30 bits per heavy atom. The van der Waals surface area contributed by atoms with Crippen molar-refractivity contribution in [3.05, 3.63) is 0 Å². The highest BCUT2D eigenvalue weighted by Crippen LogP contribution is 2.37. The maximum Gasteiger partial charge on any atom is 0.0311 e. The zero-order valence-corrected chi connectivity index (χ0v) is 6.61. The molecule has 0 amide bonds. The normalized spacial score (nSPS) is 47.1. The third-order valence-electron chi connectivity index (χ3n) is 2.74. The Hall–Kier alpha value is -0.0800. The molecule has 1 heterocycles. The van der Waals surface area contributed by atoms with Crippen molar-refractivity contribution in [1.82, 2.24) is 10.6 Å². The summed E-state index contributed by atoms with van der Waals surface area (Å²) in [5.41, 5.74) is 0.512. The topological polar surface area (TPSA) is 24.1 Å². The maximum atomic E-state index is 3.60. The first-order valence-corrected chi connectivity index (χ1v) is 4.27. The van der Waals surface area contributed by atoms with E-state index in [1.54, 1.807) is 0 Å². The van der Waals surface area contributed by atoms with Crippen molar-refractivity contribution in [2.24, 2.45) is 5.92 Å².